The van der Waals surface area contributed by atoms with Crippen molar-refractivity contribution in [3.63, 3.8) is 0 Å². The van der Waals surface area contributed by atoms with Crippen LogP contribution in [0.15, 0.2) is 63.7 Å². The van der Waals surface area contributed by atoms with E-state index in [0.29, 0.717) is 9.79 Å². The van der Waals surface area contributed by atoms with Crippen LogP contribution < -0.4 is 10.2 Å². The molecule has 25 heavy (non-hydrogen) atoms. The minimum Gasteiger partial charge on any atom is -0.368 e. The Morgan fingerprint density at radius 3 is 2.40 bits per heavy atom. The maximum absolute atomic E-state index is 13.0. The molecule has 0 radical (unpaired) electrons. The zero-order valence-electron chi connectivity index (χ0n) is 13.5. The van der Waals surface area contributed by atoms with Crippen LogP contribution in [0.25, 0.3) is 10.1 Å². The van der Waals surface area contributed by atoms with Crippen molar-refractivity contribution in [1.29, 1.82) is 0 Å². The Kier molecular flexibility index (Phi) is 5.34. The molecular formula is C18H19ClN2O2S2. The van der Waals surface area contributed by atoms with Gasteiger partial charge in [-0.2, -0.15) is 0 Å². The van der Waals surface area contributed by atoms with E-state index in [1.54, 1.807) is 29.6 Å². The van der Waals surface area contributed by atoms with E-state index in [0.717, 1.165) is 42.0 Å². The Bertz CT molecular complexity index is 965. The van der Waals surface area contributed by atoms with Crippen molar-refractivity contribution in [2.24, 2.45) is 0 Å². The number of hydrogen-bond acceptors (Lipinski definition) is 5. The second-order valence-corrected chi connectivity index (χ2v) is 8.61. The topological polar surface area (TPSA) is 49.4 Å². The van der Waals surface area contributed by atoms with Crippen molar-refractivity contribution in [2.75, 3.05) is 31.1 Å². The van der Waals surface area contributed by atoms with Crippen LogP contribution in [0.4, 0.5) is 5.69 Å². The zero-order chi connectivity index (χ0) is 16.6. The summed E-state index contributed by atoms with van der Waals surface area (Å²) in [7, 11) is -3.49. The van der Waals surface area contributed by atoms with E-state index in [1.807, 2.05) is 18.2 Å². The molecule has 2 heterocycles. The van der Waals surface area contributed by atoms with Gasteiger partial charge in [0.2, 0.25) is 9.84 Å². The Morgan fingerprint density at radius 2 is 1.68 bits per heavy atom. The Hall–Kier alpha value is -1.60. The second kappa shape index (κ2) is 7.33. The van der Waals surface area contributed by atoms with E-state index >= 15 is 0 Å². The summed E-state index contributed by atoms with van der Waals surface area (Å²) in [4.78, 5) is 3.08. The van der Waals surface area contributed by atoms with Gasteiger partial charge in [0, 0.05) is 36.9 Å². The maximum atomic E-state index is 13.0. The van der Waals surface area contributed by atoms with Crippen molar-refractivity contribution in [1.82, 2.24) is 5.32 Å². The molecule has 132 valence electrons. The summed E-state index contributed by atoms with van der Waals surface area (Å²) in [5.41, 5.74) is 1.13. The molecule has 0 unspecified atom stereocenters. The number of hydrogen-bond donors (Lipinski definition) is 1. The molecule has 1 aliphatic rings. The van der Waals surface area contributed by atoms with Gasteiger partial charge in [-0.25, -0.2) is 8.42 Å². The predicted molar refractivity (Wildman–Crippen MR) is 106 cm³/mol. The number of halogens is 1. The summed E-state index contributed by atoms with van der Waals surface area (Å²) in [5.74, 6) is 0. The third-order valence-electron chi connectivity index (χ3n) is 4.34. The molecule has 3 aromatic rings. The average Bonchev–Trinajstić information content (AvgIpc) is 3.08. The molecule has 7 heteroatoms. The summed E-state index contributed by atoms with van der Waals surface area (Å²) in [6.45, 7) is 3.80. The summed E-state index contributed by atoms with van der Waals surface area (Å²) in [5, 5.41) is 5.95. The highest BCUT2D eigenvalue weighted by Crippen LogP contribution is 2.38. The number of anilines is 1. The molecule has 0 atom stereocenters. The fourth-order valence-electron chi connectivity index (χ4n) is 3.11. The lowest BCUT2D eigenvalue weighted by molar-refractivity contribution is 0.590. The number of fused-ring (bicyclic) bond motifs is 1. The summed E-state index contributed by atoms with van der Waals surface area (Å²) < 4.78 is 27.0. The van der Waals surface area contributed by atoms with Gasteiger partial charge in [0.05, 0.1) is 20.2 Å². The van der Waals surface area contributed by atoms with Gasteiger partial charge in [-0.15, -0.1) is 23.7 Å². The Balaban J connectivity index is 0.00000182. The normalized spacial score (nSPS) is 15.1. The fraction of sp³-hybridized carbons (Fsp3) is 0.222. The van der Waals surface area contributed by atoms with E-state index in [4.69, 9.17) is 0 Å². The first kappa shape index (κ1) is 18.2. The Labute approximate surface area is 157 Å². The smallest absolute Gasteiger partial charge is 0.208 e. The minimum absolute atomic E-state index is 0. The van der Waals surface area contributed by atoms with E-state index in [1.165, 1.54) is 11.3 Å². The number of nitrogens with one attached hydrogen (secondary N) is 1. The van der Waals surface area contributed by atoms with Crippen LogP contribution in [0.3, 0.4) is 0 Å². The summed E-state index contributed by atoms with van der Waals surface area (Å²) in [6.07, 6.45) is 0. The number of thiophene rings is 1. The molecule has 1 N–H and O–H groups in total. The molecule has 4 nitrogen and oxygen atoms in total. The van der Waals surface area contributed by atoms with Gasteiger partial charge in [0.15, 0.2) is 0 Å². The average molecular weight is 395 g/mol. The largest absolute Gasteiger partial charge is 0.368 e. The SMILES string of the molecule is Cl.O=S(=O)(c1ccccc1)c1csc2c(N3CCNCC3)cccc12. The molecular weight excluding hydrogens is 376 g/mol. The highest BCUT2D eigenvalue weighted by molar-refractivity contribution is 7.92. The van der Waals surface area contributed by atoms with Crippen LogP contribution in [-0.4, -0.2) is 34.6 Å². The van der Waals surface area contributed by atoms with Crippen LogP contribution in [0.2, 0.25) is 0 Å². The molecule has 1 aromatic heterocycles. The third kappa shape index (κ3) is 3.27. The van der Waals surface area contributed by atoms with Crippen molar-refractivity contribution in [3.05, 3.63) is 53.9 Å². The van der Waals surface area contributed by atoms with Crippen molar-refractivity contribution < 1.29 is 8.42 Å². The van der Waals surface area contributed by atoms with Gasteiger partial charge >= 0.3 is 0 Å². The fourth-order valence-corrected chi connectivity index (χ4v) is 6.03. The van der Waals surface area contributed by atoms with Crippen LogP contribution in [0.1, 0.15) is 0 Å². The molecule has 0 saturated carbocycles. The molecule has 0 aliphatic carbocycles. The zero-order valence-corrected chi connectivity index (χ0v) is 16.0. The quantitative estimate of drug-likeness (QED) is 0.737. The molecule has 0 bridgehead atoms. The van der Waals surface area contributed by atoms with Gasteiger partial charge in [0.25, 0.3) is 0 Å². The number of nitrogens with zero attached hydrogens (tertiary/aromatic N) is 1. The van der Waals surface area contributed by atoms with E-state index in [2.05, 4.69) is 16.3 Å². The van der Waals surface area contributed by atoms with Gasteiger partial charge < -0.3 is 10.2 Å². The minimum atomic E-state index is -3.49. The van der Waals surface area contributed by atoms with E-state index in [-0.39, 0.29) is 12.4 Å². The molecule has 2 aromatic carbocycles. The third-order valence-corrected chi connectivity index (χ3v) is 7.32. The number of sulfone groups is 1. The van der Waals surface area contributed by atoms with Gasteiger partial charge in [-0.1, -0.05) is 30.3 Å². The van der Waals surface area contributed by atoms with Crippen molar-refractivity contribution in [3.8, 4) is 0 Å². The van der Waals surface area contributed by atoms with Crippen molar-refractivity contribution in [2.45, 2.75) is 9.79 Å². The summed E-state index contributed by atoms with van der Waals surface area (Å²) >= 11 is 1.51. The van der Waals surface area contributed by atoms with E-state index < -0.39 is 9.84 Å². The molecule has 0 amide bonds. The van der Waals surface area contributed by atoms with Crippen LogP contribution in [0.5, 0.6) is 0 Å². The monoisotopic (exact) mass is 394 g/mol. The molecule has 4 rings (SSSR count). The van der Waals surface area contributed by atoms with E-state index in [9.17, 15) is 8.42 Å². The molecule has 1 fully saturated rings. The second-order valence-electron chi connectivity index (χ2n) is 5.81. The Morgan fingerprint density at radius 1 is 0.960 bits per heavy atom. The van der Waals surface area contributed by atoms with Gasteiger partial charge in [0.1, 0.15) is 0 Å². The summed E-state index contributed by atoms with van der Waals surface area (Å²) in [6, 6.07) is 14.6. The molecule has 1 aliphatic heterocycles. The number of benzene rings is 2. The highest BCUT2D eigenvalue weighted by atomic mass is 35.5. The first-order valence-electron chi connectivity index (χ1n) is 7.94. The highest BCUT2D eigenvalue weighted by Gasteiger charge is 2.23. The van der Waals surface area contributed by atoms with Gasteiger partial charge in [-0.3, -0.25) is 0 Å². The molecule has 1 saturated heterocycles. The number of piperazine rings is 1. The first-order valence-corrected chi connectivity index (χ1v) is 10.3. The molecule has 0 spiro atoms. The van der Waals surface area contributed by atoms with Gasteiger partial charge in [-0.05, 0) is 18.2 Å². The standard InChI is InChI=1S/C18H18N2O2S2.ClH/c21-24(22,14-5-2-1-3-6-14)17-13-23-18-15(17)7-4-8-16(18)20-11-9-19-10-12-20;/h1-8,13,19H,9-12H2;1H. The lowest BCUT2D eigenvalue weighted by Crippen LogP contribution is -2.43. The van der Waals surface area contributed by atoms with Crippen LogP contribution >= 0.6 is 23.7 Å². The van der Waals surface area contributed by atoms with Crippen LogP contribution in [0, 0.1) is 0 Å². The lowest BCUT2D eigenvalue weighted by Gasteiger charge is -2.29. The number of rotatable bonds is 3. The maximum Gasteiger partial charge on any atom is 0.208 e. The predicted octanol–water partition coefficient (Wildman–Crippen LogP) is 3.57. The van der Waals surface area contributed by atoms with Crippen LogP contribution in [-0.2, 0) is 9.84 Å². The van der Waals surface area contributed by atoms with Crippen molar-refractivity contribution >= 4 is 49.4 Å². The first-order chi connectivity index (χ1) is 11.7. The lowest BCUT2D eigenvalue weighted by atomic mass is 10.2.